The fraction of sp³-hybridized carbons (Fsp3) is 1.00. The highest BCUT2D eigenvalue weighted by Crippen LogP contribution is 2.18. The summed E-state index contributed by atoms with van der Waals surface area (Å²) in [7, 11) is 2.31. The summed E-state index contributed by atoms with van der Waals surface area (Å²) in [6.07, 6.45) is 5.58. The number of nitrogens with zero attached hydrogens (tertiary/aromatic N) is 2. The zero-order valence-electron chi connectivity index (χ0n) is 12.0. The lowest BCUT2D eigenvalue weighted by Crippen LogP contribution is -2.42. The summed E-state index contributed by atoms with van der Waals surface area (Å²) in [5.74, 6) is 0.880. The quantitative estimate of drug-likeness (QED) is 0.826. The van der Waals surface area contributed by atoms with Gasteiger partial charge in [-0.3, -0.25) is 4.90 Å². The van der Waals surface area contributed by atoms with E-state index in [2.05, 4.69) is 29.1 Å². The number of piperidine rings is 1. The topological polar surface area (TPSA) is 18.5 Å². The van der Waals surface area contributed by atoms with Gasteiger partial charge in [0.15, 0.2) is 0 Å². The van der Waals surface area contributed by atoms with E-state index in [0.29, 0.717) is 0 Å². The van der Waals surface area contributed by atoms with Gasteiger partial charge in [-0.15, -0.1) is 12.4 Å². The third kappa shape index (κ3) is 4.69. The van der Waals surface area contributed by atoms with Crippen LogP contribution in [0.5, 0.6) is 0 Å². The zero-order chi connectivity index (χ0) is 12.1. The molecule has 2 heterocycles. The minimum absolute atomic E-state index is 0. The van der Waals surface area contributed by atoms with Crippen LogP contribution >= 0.6 is 12.4 Å². The van der Waals surface area contributed by atoms with Crippen molar-refractivity contribution in [3.63, 3.8) is 0 Å². The SMILES string of the molecule is CCN1CCCC1CN(C)CC1CCCNC1.Cl. The molecule has 4 heteroatoms. The fourth-order valence-electron chi connectivity index (χ4n) is 3.47. The first-order chi connectivity index (χ1) is 8.29. The van der Waals surface area contributed by atoms with Crippen LogP contribution in [0.2, 0.25) is 0 Å². The lowest BCUT2D eigenvalue weighted by atomic mass is 9.99. The number of halogens is 1. The van der Waals surface area contributed by atoms with E-state index in [1.807, 2.05) is 0 Å². The van der Waals surface area contributed by atoms with Crippen molar-refractivity contribution in [3.05, 3.63) is 0 Å². The van der Waals surface area contributed by atoms with E-state index in [-0.39, 0.29) is 12.4 Å². The van der Waals surface area contributed by atoms with E-state index in [1.54, 1.807) is 0 Å². The second kappa shape index (κ2) is 8.36. The molecular weight excluding hydrogens is 246 g/mol. The van der Waals surface area contributed by atoms with Crippen molar-refractivity contribution in [1.82, 2.24) is 15.1 Å². The Balaban J connectivity index is 0.00000162. The van der Waals surface area contributed by atoms with Gasteiger partial charge in [-0.2, -0.15) is 0 Å². The van der Waals surface area contributed by atoms with Crippen LogP contribution in [0.4, 0.5) is 0 Å². The van der Waals surface area contributed by atoms with Crippen molar-refractivity contribution in [2.24, 2.45) is 5.92 Å². The molecular formula is C14H30ClN3. The molecule has 0 saturated carbocycles. The molecule has 0 aromatic carbocycles. The molecule has 0 radical (unpaired) electrons. The molecule has 2 aliphatic heterocycles. The van der Waals surface area contributed by atoms with Crippen molar-refractivity contribution in [3.8, 4) is 0 Å². The number of nitrogens with one attached hydrogen (secondary N) is 1. The summed E-state index contributed by atoms with van der Waals surface area (Å²) in [5.41, 5.74) is 0. The third-order valence-electron chi connectivity index (χ3n) is 4.40. The zero-order valence-corrected chi connectivity index (χ0v) is 12.8. The largest absolute Gasteiger partial charge is 0.316 e. The highest BCUT2D eigenvalue weighted by atomic mass is 35.5. The van der Waals surface area contributed by atoms with Gasteiger partial charge in [0, 0.05) is 19.1 Å². The molecule has 0 amide bonds. The second-order valence-corrected chi connectivity index (χ2v) is 5.86. The molecule has 108 valence electrons. The Morgan fingerprint density at radius 2 is 2.06 bits per heavy atom. The van der Waals surface area contributed by atoms with Crippen molar-refractivity contribution < 1.29 is 0 Å². The van der Waals surface area contributed by atoms with Crippen LogP contribution in [0.15, 0.2) is 0 Å². The van der Waals surface area contributed by atoms with Gasteiger partial charge in [0.1, 0.15) is 0 Å². The molecule has 1 N–H and O–H groups in total. The van der Waals surface area contributed by atoms with E-state index in [9.17, 15) is 0 Å². The van der Waals surface area contributed by atoms with E-state index in [4.69, 9.17) is 0 Å². The number of rotatable bonds is 5. The average Bonchev–Trinajstić information content (AvgIpc) is 2.77. The predicted octanol–water partition coefficient (Wildman–Crippen LogP) is 1.82. The van der Waals surface area contributed by atoms with Crippen LogP contribution in [0.3, 0.4) is 0 Å². The van der Waals surface area contributed by atoms with Crippen LogP contribution in [0, 0.1) is 5.92 Å². The third-order valence-corrected chi connectivity index (χ3v) is 4.40. The van der Waals surface area contributed by atoms with E-state index >= 15 is 0 Å². The molecule has 2 saturated heterocycles. The van der Waals surface area contributed by atoms with Crippen molar-refractivity contribution >= 4 is 12.4 Å². The van der Waals surface area contributed by atoms with Crippen LogP contribution < -0.4 is 5.32 Å². The molecule has 2 unspecified atom stereocenters. The van der Waals surface area contributed by atoms with Gasteiger partial charge in [0.2, 0.25) is 0 Å². The molecule has 18 heavy (non-hydrogen) atoms. The van der Waals surface area contributed by atoms with Gasteiger partial charge >= 0.3 is 0 Å². The fourth-order valence-corrected chi connectivity index (χ4v) is 3.47. The molecule has 2 aliphatic rings. The van der Waals surface area contributed by atoms with Crippen LogP contribution in [0.1, 0.15) is 32.6 Å². The van der Waals surface area contributed by atoms with E-state index < -0.39 is 0 Å². The molecule has 0 aliphatic carbocycles. The molecule has 2 atom stereocenters. The Hall–Kier alpha value is 0.170. The van der Waals surface area contributed by atoms with Gasteiger partial charge in [0.05, 0.1) is 0 Å². The van der Waals surface area contributed by atoms with Gasteiger partial charge in [-0.25, -0.2) is 0 Å². The summed E-state index contributed by atoms with van der Waals surface area (Å²) in [5, 5.41) is 3.52. The number of hydrogen-bond acceptors (Lipinski definition) is 3. The number of likely N-dealkylation sites (tertiary alicyclic amines) is 1. The minimum atomic E-state index is 0. The minimum Gasteiger partial charge on any atom is -0.316 e. The summed E-state index contributed by atoms with van der Waals surface area (Å²) < 4.78 is 0. The predicted molar refractivity (Wildman–Crippen MR) is 80.6 cm³/mol. The molecule has 0 spiro atoms. The summed E-state index contributed by atoms with van der Waals surface area (Å²) in [6, 6.07) is 0.821. The van der Waals surface area contributed by atoms with Crippen molar-refractivity contribution in [2.45, 2.75) is 38.6 Å². The van der Waals surface area contributed by atoms with Crippen molar-refractivity contribution in [2.75, 3.05) is 46.3 Å². The first-order valence-electron chi connectivity index (χ1n) is 7.43. The first-order valence-corrected chi connectivity index (χ1v) is 7.43. The molecule has 0 bridgehead atoms. The van der Waals surface area contributed by atoms with Gasteiger partial charge < -0.3 is 10.2 Å². The van der Waals surface area contributed by atoms with E-state index in [1.165, 1.54) is 65.0 Å². The maximum atomic E-state index is 3.52. The Bertz CT molecular complexity index is 219. The molecule has 2 rings (SSSR count). The van der Waals surface area contributed by atoms with Crippen LogP contribution in [0.25, 0.3) is 0 Å². The summed E-state index contributed by atoms with van der Waals surface area (Å²) >= 11 is 0. The smallest absolute Gasteiger partial charge is 0.0223 e. The number of likely N-dealkylation sites (N-methyl/N-ethyl adjacent to an activating group) is 2. The van der Waals surface area contributed by atoms with E-state index in [0.717, 1.165) is 12.0 Å². The standard InChI is InChI=1S/C14H29N3.ClH/c1-3-17-9-5-7-14(17)12-16(2)11-13-6-4-8-15-10-13;/h13-15H,3-12H2,1-2H3;1H. The molecule has 0 aromatic heterocycles. The molecule has 2 fully saturated rings. The highest BCUT2D eigenvalue weighted by molar-refractivity contribution is 5.85. The Morgan fingerprint density at radius 3 is 2.72 bits per heavy atom. The normalized spacial score (nSPS) is 29.5. The second-order valence-electron chi connectivity index (χ2n) is 5.86. The molecule has 0 aromatic rings. The molecule has 3 nitrogen and oxygen atoms in total. The Labute approximate surface area is 119 Å². The Kier molecular flexibility index (Phi) is 7.54. The summed E-state index contributed by atoms with van der Waals surface area (Å²) in [6.45, 7) is 9.84. The van der Waals surface area contributed by atoms with Gasteiger partial charge in [-0.1, -0.05) is 6.92 Å². The average molecular weight is 276 g/mol. The number of hydrogen-bond donors (Lipinski definition) is 1. The van der Waals surface area contributed by atoms with Gasteiger partial charge in [-0.05, 0) is 64.8 Å². The lowest BCUT2D eigenvalue weighted by molar-refractivity contribution is 0.174. The first kappa shape index (κ1) is 16.2. The lowest BCUT2D eigenvalue weighted by Gasteiger charge is -2.31. The Morgan fingerprint density at radius 1 is 1.22 bits per heavy atom. The monoisotopic (exact) mass is 275 g/mol. The summed E-state index contributed by atoms with van der Waals surface area (Å²) in [4.78, 5) is 5.21. The maximum Gasteiger partial charge on any atom is 0.0223 e. The van der Waals surface area contributed by atoms with Gasteiger partial charge in [0.25, 0.3) is 0 Å². The highest BCUT2D eigenvalue weighted by Gasteiger charge is 2.25. The van der Waals surface area contributed by atoms with Crippen LogP contribution in [-0.4, -0.2) is 62.2 Å². The van der Waals surface area contributed by atoms with Crippen molar-refractivity contribution in [1.29, 1.82) is 0 Å². The maximum absolute atomic E-state index is 3.52. The van der Waals surface area contributed by atoms with Crippen LogP contribution in [-0.2, 0) is 0 Å².